The van der Waals surface area contributed by atoms with Crippen LogP contribution in [0.2, 0.25) is 0 Å². The molecule has 3 rings (SSSR count). The highest BCUT2D eigenvalue weighted by molar-refractivity contribution is 5.69. The summed E-state index contributed by atoms with van der Waals surface area (Å²) >= 11 is 0. The number of hydrogen-bond donors (Lipinski definition) is 1. The van der Waals surface area contributed by atoms with E-state index in [1.165, 1.54) is 36.4 Å². The third-order valence-corrected chi connectivity index (χ3v) is 4.14. The molecule has 0 saturated heterocycles. The lowest BCUT2D eigenvalue weighted by Crippen LogP contribution is -2.04. The van der Waals surface area contributed by atoms with Crippen LogP contribution in [0.1, 0.15) is 16.7 Å². The molecule has 8 heteroatoms. The molecule has 0 bridgehead atoms. The number of pyridine rings is 1. The molecule has 0 aliphatic heterocycles. The van der Waals surface area contributed by atoms with Crippen molar-refractivity contribution >= 4 is 0 Å². The Labute approximate surface area is 156 Å². The van der Waals surface area contributed by atoms with E-state index >= 15 is 0 Å². The molecule has 0 amide bonds. The first-order valence-electron chi connectivity index (χ1n) is 8.05. The second-order valence-electron chi connectivity index (χ2n) is 6.01. The number of halogens is 6. The summed E-state index contributed by atoms with van der Waals surface area (Å²) in [5.74, 6) is 0. The molecule has 2 aromatic carbocycles. The van der Waals surface area contributed by atoms with Gasteiger partial charge in [-0.1, -0.05) is 30.3 Å². The number of benzene rings is 2. The maximum Gasteiger partial charge on any atom is 0.416 e. The lowest BCUT2D eigenvalue weighted by atomic mass is 10.0. The first-order chi connectivity index (χ1) is 13.1. The smallest absolute Gasteiger partial charge is 0.392 e. The zero-order valence-corrected chi connectivity index (χ0v) is 14.1. The van der Waals surface area contributed by atoms with Crippen molar-refractivity contribution in [2.45, 2.75) is 19.0 Å². The summed E-state index contributed by atoms with van der Waals surface area (Å²) in [5.41, 5.74) is 0.119. The van der Waals surface area contributed by atoms with Gasteiger partial charge in [0.15, 0.2) is 0 Å². The van der Waals surface area contributed by atoms with E-state index in [1.54, 1.807) is 0 Å². The summed E-state index contributed by atoms with van der Waals surface area (Å²) in [7, 11) is 0. The van der Waals surface area contributed by atoms with Crippen molar-refractivity contribution in [1.29, 1.82) is 0 Å². The van der Waals surface area contributed by atoms with Crippen LogP contribution in [0.5, 0.6) is 0 Å². The first-order valence-corrected chi connectivity index (χ1v) is 8.05. The summed E-state index contributed by atoms with van der Waals surface area (Å²) in [6.07, 6.45) is -8.94. The van der Waals surface area contributed by atoms with Crippen molar-refractivity contribution in [1.82, 2.24) is 4.98 Å². The Morgan fingerprint density at radius 2 is 1.11 bits per heavy atom. The molecule has 1 heterocycles. The first kappa shape index (κ1) is 19.9. The number of aliphatic hydroxyl groups is 1. The number of aliphatic hydroxyl groups excluding tert-OH is 1. The average molecular weight is 397 g/mol. The number of hydrogen-bond acceptors (Lipinski definition) is 2. The predicted molar refractivity (Wildman–Crippen MR) is 91.0 cm³/mol. The quantitative estimate of drug-likeness (QED) is 0.555. The van der Waals surface area contributed by atoms with Gasteiger partial charge < -0.3 is 5.11 Å². The maximum atomic E-state index is 12.7. The molecule has 0 unspecified atom stereocenters. The van der Waals surface area contributed by atoms with E-state index in [0.717, 1.165) is 24.3 Å². The Bertz CT molecular complexity index is 960. The molecule has 0 radical (unpaired) electrons. The Morgan fingerprint density at radius 1 is 0.643 bits per heavy atom. The van der Waals surface area contributed by atoms with Gasteiger partial charge in [-0.15, -0.1) is 0 Å². The lowest BCUT2D eigenvalue weighted by Gasteiger charge is -2.12. The van der Waals surface area contributed by atoms with Gasteiger partial charge in [0, 0.05) is 16.7 Å². The minimum atomic E-state index is -4.48. The fraction of sp³-hybridized carbons (Fsp3) is 0.150. The molecular weight excluding hydrogens is 384 g/mol. The summed E-state index contributed by atoms with van der Waals surface area (Å²) < 4.78 is 76.3. The molecule has 1 N–H and O–H groups in total. The van der Waals surface area contributed by atoms with Crippen molar-refractivity contribution in [2.24, 2.45) is 0 Å². The van der Waals surface area contributed by atoms with Gasteiger partial charge in [-0.2, -0.15) is 26.3 Å². The van der Waals surface area contributed by atoms with Crippen LogP contribution < -0.4 is 0 Å². The number of aromatic nitrogens is 1. The van der Waals surface area contributed by atoms with E-state index in [2.05, 4.69) is 4.98 Å². The highest BCUT2D eigenvalue weighted by atomic mass is 19.4. The molecule has 0 fully saturated rings. The van der Waals surface area contributed by atoms with Crippen LogP contribution in [0.4, 0.5) is 26.3 Å². The molecule has 146 valence electrons. The van der Waals surface area contributed by atoms with E-state index in [9.17, 15) is 31.4 Å². The second-order valence-corrected chi connectivity index (χ2v) is 6.01. The number of rotatable bonds is 3. The minimum absolute atomic E-state index is 0.258. The highest BCUT2D eigenvalue weighted by Gasteiger charge is 2.31. The van der Waals surface area contributed by atoms with Crippen LogP contribution in [-0.4, -0.2) is 10.1 Å². The van der Waals surface area contributed by atoms with Gasteiger partial charge >= 0.3 is 12.4 Å². The van der Waals surface area contributed by atoms with Crippen LogP contribution in [0.25, 0.3) is 22.5 Å². The molecule has 0 spiro atoms. The molecular formula is C20H13F6NO. The standard InChI is InChI=1S/C20H13F6NO/c21-19(22,23)15-6-1-12(2-7-15)17-10-5-14(11-28)18(27-17)13-3-8-16(9-4-13)20(24,25)26/h1-10,28H,11H2. The molecule has 0 saturated carbocycles. The van der Waals surface area contributed by atoms with Crippen LogP contribution in [-0.2, 0) is 19.0 Å². The van der Waals surface area contributed by atoms with Gasteiger partial charge in [0.05, 0.1) is 29.1 Å². The zero-order valence-electron chi connectivity index (χ0n) is 14.1. The zero-order chi connectivity index (χ0) is 20.5. The van der Waals surface area contributed by atoms with Gasteiger partial charge in [-0.3, -0.25) is 0 Å². The van der Waals surface area contributed by atoms with Crippen LogP contribution in [0.15, 0.2) is 60.7 Å². The van der Waals surface area contributed by atoms with E-state index in [0.29, 0.717) is 22.4 Å². The summed E-state index contributed by atoms with van der Waals surface area (Å²) in [6, 6.07) is 11.7. The summed E-state index contributed by atoms with van der Waals surface area (Å²) in [5, 5.41) is 9.51. The summed E-state index contributed by atoms with van der Waals surface area (Å²) in [4.78, 5) is 4.35. The van der Waals surface area contributed by atoms with Crippen LogP contribution >= 0.6 is 0 Å². The van der Waals surface area contributed by atoms with Gasteiger partial charge in [-0.05, 0) is 30.3 Å². The van der Waals surface area contributed by atoms with E-state index < -0.39 is 30.1 Å². The van der Waals surface area contributed by atoms with Gasteiger partial charge in [0.1, 0.15) is 0 Å². The van der Waals surface area contributed by atoms with Crippen LogP contribution in [0.3, 0.4) is 0 Å². The van der Waals surface area contributed by atoms with E-state index in [1.807, 2.05) is 0 Å². The molecule has 0 aliphatic carbocycles. The maximum absolute atomic E-state index is 12.7. The fourth-order valence-electron chi connectivity index (χ4n) is 2.67. The molecule has 0 atom stereocenters. The Balaban J connectivity index is 2.01. The monoisotopic (exact) mass is 397 g/mol. The molecule has 1 aromatic heterocycles. The summed E-state index contributed by atoms with van der Waals surface area (Å²) in [6.45, 7) is -0.392. The van der Waals surface area contributed by atoms with Crippen molar-refractivity contribution < 1.29 is 31.4 Å². The Hall–Kier alpha value is -2.87. The third kappa shape index (κ3) is 4.17. The molecule has 3 aromatic rings. The third-order valence-electron chi connectivity index (χ3n) is 4.14. The molecule has 0 aliphatic rings. The minimum Gasteiger partial charge on any atom is -0.392 e. The topological polar surface area (TPSA) is 33.1 Å². The van der Waals surface area contributed by atoms with Crippen molar-refractivity contribution in [3.8, 4) is 22.5 Å². The van der Waals surface area contributed by atoms with Gasteiger partial charge in [0.2, 0.25) is 0 Å². The van der Waals surface area contributed by atoms with Crippen molar-refractivity contribution in [2.75, 3.05) is 0 Å². The number of alkyl halides is 6. The van der Waals surface area contributed by atoms with Crippen molar-refractivity contribution in [3.05, 3.63) is 77.4 Å². The SMILES string of the molecule is OCc1ccc(-c2ccc(C(F)(F)F)cc2)nc1-c1ccc(C(F)(F)F)cc1. The van der Waals surface area contributed by atoms with E-state index in [4.69, 9.17) is 0 Å². The normalized spacial score (nSPS) is 12.2. The Kier molecular flexibility index (Phi) is 5.16. The molecule has 28 heavy (non-hydrogen) atoms. The Morgan fingerprint density at radius 3 is 1.54 bits per heavy atom. The fourth-order valence-corrected chi connectivity index (χ4v) is 2.67. The highest BCUT2D eigenvalue weighted by Crippen LogP contribution is 2.33. The van der Waals surface area contributed by atoms with Gasteiger partial charge in [-0.25, -0.2) is 4.98 Å². The predicted octanol–water partition coefficient (Wildman–Crippen LogP) is 5.95. The average Bonchev–Trinajstić information content (AvgIpc) is 2.66. The van der Waals surface area contributed by atoms with E-state index in [-0.39, 0.29) is 5.69 Å². The lowest BCUT2D eigenvalue weighted by molar-refractivity contribution is -0.138. The molecule has 2 nitrogen and oxygen atoms in total. The van der Waals surface area contributed by atoms with Gasteiger partial charge in [0.25, 0.3) is 0 Å². The van der Waals surface area contributed by atoms with Crippen LogP contribution in [0, 0.1) is 0 Å². The largest absolute Gasteiger partial charge is 0.416 e. The second kappa shape index (κ2) is 7.27. The van der Waals surface area contributed by atoms with Crippen molar-refractivity contribution in [3.63, 3.8) is 0 Å². The number of nitrogens with zero attached hydrogens (tertiary/aromatic N) is 1.